The van der Waals surface area contributed by atoms with Gasteiger partial charge in [0.25, 0.3) is 5.91 Å². The number of halogens is 3. The van der Waals surface area contributed by atoms with Crippen LogP contribution >= 0.6 is 11.3 Å². The number of nitrogens with one attached hydrogen (secondary N) is 1. The fourth-order valence-electron chi connectivity index (χ4n) is 2.39. The van der Waals surface area contributed by atoms with Crippen molar-refractivity contribution in [3.05, 3.63) is 45.6 Å². The van der Waals surface area contributed by atoms with E-state index in [0.717, 1.165) is 29.0 Å². The Bertz CT molecular complexity index is 816. The number of thiophene rings is 1. The lowest BCUT2D eigenvalue weighted by Gasteiger charge is -2.16. The predicted molar refractivity (Wildman–Crippen MR) is 97.1 cm³/mol. The molecule has 2 amide bonds. The van der Waals surface area contributed by atoms with Crippen LogP contribution in [0, 0.1) is 6.92 Å². The Morgan fingerprint density at radius 3 is 2.37 bits per heavy atom. The van der Waals surface area contributed by atoms with E-state index in [1.165, 1.54) is 35.4 Å². The highest BCUT2D eigenvalue weighted by atomic mass is 32.1. The lowest BCUT2D eigenvalue weighted by molar-refractivity contribution is -0.274. The molecule has 1 aromatic heterocycles. The summed E-state index contributed by atoms with van der Waals surface area (Å²) in [6.07, 6.45) is -3.94. The Labute approximate surface area is 158 Å². The average Bonchev–Trinajstić information content (AvgIpc) is 2.95. The smallest absolute Gasteiger partial charge is 0.406 e. The summed E-state index contributed by atoms with van der Waals surface area (Å²) in [7, 11) is 1.52. The van der Waals surface area contributed by atoms with Gasteiger partial charge in [0.05, 0.1) is 11.4 Å². The maximum atomic E-state index is 12.4. The zero-order chi connectivity index (χ0) is 20.2. The van der Waals surface area contributed by atoms with Gasteiger partial charge in [0.1, 0.15) is 5.75 Å². The first-order valence-electron chi connectivity index (χ1n) is 8.09. The molecule has 2 rings (SSSR count). The van der Waals surface area contributed by atoms with Gasteiger partial charge in [-0.1, -0.05) is 6.92 Å². The third kappa shape index (κ3) is 5.99. The molecule has 27 heavy (non-hydrogen) atoms. The molecule has 1 aromatic carbocycles. The molecule has 1 N–H and O–H groups in total. The minimum Gasteiger partial charge on any atom is -0.406 e. The lowest BCUT2D eigenvalue weighted by Crippen LogP contribution is -2.34. The molecule has 0 saturated carbocycles. The molecule has 146 valence electrons. The Morgan fingerprint density at radius 1 is 1.22 bits per heavy atom. The fourth-order valence-corrected chi connectivity index (χ4v) is 3.50. The largest absolute Gasteiger partial charge is 0.573 e. The number of likely N-dealkylation sites (N-methyl/N-ethyl adjacent to an activating group) is 1. The fraction of sp³-hybridized carbons (Fsp3) is 0.333. The molecule has 0 aliphatic heterocycles. The van der Waals surface area contributed by atoms with Crippen LogP contribution in [-0.2, 0) is 11.2 Å². The SMILES string of the molecule is CCc1sc(C(=O)N(C)CC(=O)Nc2ccc(OC(F)(F)F)cc2)cc1C. The number of benzene rings is 1. The number of amides is 2. The second kappa shape index (κ2) is 8.43. The standard InChI is InChI=1S/C18H19F3N2O3S/c1-4-14-11(2)9-15(27-14)17(25)23(3)10-16(24)22-12-5-7-13(8-6-12)26-18(19,20)21/h5-9H,4,10H2,1-3H3,(H,22,24). The highest BCUT2D eigenvalue weighted by Crippen LogP contribution is 2.25. The molecular formula is C18H19F3N2O3S. The van der Waals surface area contributed by atoms with Crippen molar-refractivity contribution in [3.8, 4) is 5.75 Å². The van der Waals surface area contributed by atoms with Crippen LogP contribution in [0.3, 0.4) is 0 Å². The highest BCUT2D eigenvalue weighted by Gasteiger charge is 2.31. The normalized spacial score (nSPS) is 11.2. The number of anilines is 1. The minimum absolute atomic E-state index is 0.182. The summed E-state index contributed by atoms with van der Waals surface area (Å²) >= 11 is 1.40. The molecule has 0 saturated heterocycles. The van der Waals surface area contributed by atoms with Gasteiger partial charge in [-0.15, -0.1) is 24.5 Å². The quantitative estimate of drug-likeness (QED) is 0.790. The number of alkyl halides is 3. The van der Waals surface area contributed by atoms with Crippen molar-refractivity contribution in [2.45, 2.75) is 26.6 Å². The van der Waals surface area contributed by atoms with Crippen molar-refractivity contribution in [2.75, 3.05) is 18.9 Å². The van der Waals surface area contributed by atoms with Crippen molar-refractivity contribution >= 4 is 28.8 Å². The number of rotatable bonds is 6. The van der Waals surface area contributed by atoms with Gasteiger partial charge in [0.15, 0.2) is 0 Å². The van der Waals surface area contributed by atoms with Crippen LogP contribution in [0.1, 0.15) is 27.0 Å². The molecule has 2 aromatic rings. The monoisotopic (exact) mass is 400 g/mol. The van der Waals surface area contributed by atoms with Crippen molar-refractivity contribution in [1.29, 1.82) is 0 Å². The van der Waals surface area contributed by atoms with Gasteiger partial charge in [-0.3, -0.25) is 9.59 Å². The van der Waals surface area contributed by atoms with E-state index < -0.39 is 12.3 Å². The number of aryl methyl sites for hydroxylation is 2. The molecule has 0 radical (unpaired) electrons. The number of hydrogen-bond donors (Lipinski definition) is 1. The second-order valence-corrected chi connectivity index (χ2v) is 6.99. The molecule has 0 aliphatic carbocycles. The summed E-state index contributed by atoms with van der Waals surface area (Å²) in [6.45, 7) is 3.76. The Balaban J connectivity index is 1.93. The molecule has 0 fully saturated rings. The third-order valence-electron chi connectivity index (χ3n) is 3.65. The van der Waals surface area contributed by atoms with Crippen LogP contribution in [-0.4, -0.2) is 36.7 Å². The summed E-state index contributed by atoms with van der Waals surface area (Å²) in [5.74, 6) is -1.10. The minimum atomic E-state index is -4.77. The molecule has 0 spiro atoms. The molecular weight excluding hydrogens is 381 g/mol. The van der Waals surface area contributed by atoms with Gasteiger partial charge < -0.3 is 15.0 Å². The first kappa shape index (κ1) is 20.8. The average molecular weight is 400 g/mol. The van der Waals surface area contributed by atoms with Crippen molar-refractivity contribution in [3.63, 3.8) is 0 Å². The number of nitrogens with zero attached hydrogens (tertiary/aromatic N) is 1. The zero-order valence-electron chi connectivity index (χ0n) is 15.0. The summed E-state index contributed by atoms with van der Waals surface area (Å²) in [6, 6.07) is 6.57. The van der Waals surface area contributed by atoms with Crippen LogP contribution in [0.2, 0.25) is 0 Å². The van der Waals surface area contributed by atoms with Crippen LogP contribution in [0.15, 0.2) is 30.3 Å². The number of hydrogen-bond acceptors (Lipinski definition) is 4. The van der Waals surface area contributed by atoms with Gasteiger partial charge >= 0.3 is 6.36 Å². The summed E-state index contributed by atoms with van der Waals surface area (Å²) in [4.78, 5) is 27.5. The lowest BCUT2D eigenvalue weighted by atomic mass is 10.2. The van der Waals surface area contributed by atoms with Gasteiger partial charge in [0, 0.05) is 17.6 Å². The first-order chi connectivity index (χ1) is 12.6. The summed E-state index contributed by atoms with van der Waals surface area (Å²) < 4.78 is 40.2. The third-order valence-corrected chi connectivity index (χ3v) is 5.02. The number of ether oxygens (including phenoxy) is 1. The van der Waals surface area contributed by atoms with Crippen molar-refractivity contribution in [1.82, 2.24) is 4.90 Å². The maximum Gasteiger partial charge on any atom is 0.573 e. The molecule has 0 aliphatic rings. The molecule has 5 nitrogen and oxygen atoms in total. The van der Waals surface area contributed by atoms with Crippen molar-refractivity contribution < 1.29 is 27.5 Å². The Hall–Kier alpha value is -2.55. The summed E-state index contributed by atoms with van der Waals surface area (Å²) in [5, 5.41) is 2.53. The van der Waals surface area contributed by atoms with Crippen LogP contribution in [0.4, 0.5) is 18.9 Å². The second-order valence-electron chi connectivity index (χ2n) is 5.85. The first-order valence-corrected chi connectivity index (χ1v) is 8.91. The van der Waals surface area contributed by atoms with Gasteiger partial charge in [-0.2, -0.15) is 0 Å². The molecule has 9 heteroatoms. The topological polar surface area (TPSA) is 58.6 Å². The zero-order valence-corrected chi connectivity index (χ0v) is 15.8. The molecule has 1 heterocycles. The number of carbonyl (C=O) groups is 2. The predicted octanol–water partition coefficient (Wildman–Crippen LogP) is 4.23. The molecule has 0 bridgehead atoms. The Morgan fingerprint density at radius 2 is 1.85 bits per heavy atom. The summed E-state index contributed by atoms with van der Waals surface area (Å²) in [5.41, 5.74) is 1.35. The van der Waals surface area contributed by atoms with E-state index in [1.807, 2.05) is 13.8 Å². The van der Waals surface area contributed by atoms with E-state index in [0.29, 0.717) is 10.6 Å². The molecule has 0 unspecified atom stereocenters. The molecule has 0 atom stereocenters. The van der Waals surface area contributed by atoms with E-state index in [1.54, 1.807) is 6.07 Å². The van der Waals surface area contributed by atoms with E-state index in [4.69, 9.17) is 0 Å². The van der Waals surface area contributed by atoms with Gasteiger partial charge in [0.2, 0.25) is 5.91 Å². The van der Waals surface area contributed by atoms with E-state index in [-0.39, 0.29) is 18.2 Å². The van der Waals surface area contributed by atoms with Gasteiger partial charge in [-0.05, 0) is 49.2 Å². The highest BCUT2D eigenvalue weighted by molar-refractivity contribution is 7.14. The van der Waals surface area contributed by atoms with Crippen LogP contribution < -0.4 is 10.1 Å². The Kier molecular flexibility index (Phi) is 6.48. The van der Waals surface area contributed by atoms with E-state index in [9.17, 15) is 22.8 Å². The van der Waals surface area contributed by atoms with Gasteiger partial charge in [-0.25, -0.2) is 0 Å². The number of carbonyl (C=O) groups excluding carboxylic acids is 2. The van der Waals surface area contributed by atoms with E-state index >= 15 is 0 Å². The van der Waals surface area contributed by atoms with Crippen LogP contribution in [0.5, 0.6) is 5.75 Å². The maximum absolute atomic E-state index is 12.4. The van der Waals surface area contributed by atoms with Crippen molar-refractivity contribution in [2.24, 2.45) is 0 Å². The van der Waals surface area contributed by atoms with Crippen LogP contribution in [0.25, 0.3) is 0 Å². The van der Waals surface area contributed by atoms with E-state index in [2.05, 4.69) is 10.1 Å².